The first kappa shape index (κ1) is 23.1. The maximum atomic E-state index is 13.2. The van der Waals surface area contributed by atoms with Gasteiger partial charge in [-0.15, -0.1) is 0 Å². The summed E-state index contributed by atoms with van der Waals surface area (Å²) >= 11 is 0. The minimum absolute atomic E-state index is 0.134. The first-order valence-electron chi connectivity index (χ1n) is 12.7. The standard InChI is InChI=1S/C28H32N4O4/c1-19-3-5-20(6-4-19)16-32-24-8-7-21(36-14-11-30-9-12-35-13-10-30)15-22(24)26-23-17-31(18-25(26)32)28(34)29(2)27(23)33/h3-8,15,23H,9-14,16-18H2,1-2H3. The summed E-state index contributed by atoms with van der Waals surface area (Å²) < 4.78 is 13.9. The number of hydrogen-bond acceptors (Lipinski definition) is 5. The van der Waals surface area contributed by atoms with Crippen LogP contribution in [0, 0.1) is 6.92 Å². The summed E-state index contributed by atoms with van der Waals surface area (Å²) in [5, 5.41) is 1.04. The van der Waals surface area contributed by atoms with Gasteiger partial charge >= 0.3 is 6.03 Å². The highest BCUT2D eigenvalue weighted by molar-refractivity contribution is 6.04. The Morgan fingerprint density at radius 1 is 1.06 bits per heavy atom. The lowest BCUT2D eigenvalue weighted by Gasteiger charge is -2.41. The third kappa shape index (κ3) is 4.04. The van der Waals surface area contributed by atoms with Gasteiger partial charge in [-0.1, -0.05) is 29.8 Å². The van der Waals surface area contributed by atoms with Crippen LogP contribution in [-0.4, -0.2) is 84.3 Å². The number of carbonyl (C=O) groups excluding carboxylic acids is 2. The van der Waals surface area contributed by atoms with Crippen LogP contribution < -0.4 is 4.74 Å². The van der Waals surface area contributed by atoms with Gasteiger partial charge in [-0.05, 0) is 36.2 Å². The molecule has 36 heavy (non-hydrogen) atoms. The molecule has 0 saturated carbocycles. The number of imide groups is 1. The molecule has 3 aliphatic heterocycles. The number of nitrogens with zero attached hydrogens (tertiary/aromatic N) is 4. The van der Waals surface area contributed by atoms with Gasteiger partial charge in [0.15, 0.2) is 0 Å². The zero-order chi connectivity index (χ0) is 24.8. The highest BCUT2D eigenvalue weighted by atomic mass is 16.5. The van der Waals surface area contributed by atoms with Crippen molar-refractivity contribution in [3.63, 3.8) is 0 Å². The zero-order valence-electron chi connectivity index (χ0n) is 20.9. The molecule has 0 radical (unpaired) electrons. The lowest BCUT2D eigenvalue weighted by Crippen LogP contribution is -2.56. The number of urea groups is 1. The van der Waals surface area contributed by atoms with E-state index in [1.807, 2.05) is 6.07 Å². The van der Waals surface area contributed by atoms with Gasteiger partial charge in [0.25, 0.3) is 0 Å². The number of ether oxygens (including phenoxy) is 2. The van der Waals surface area contributed by atoms with Crippen LogP contribution in [0.25, 0.3) is 10.9 Å². The summed E-state index contributed by atoms with van der Waals surface area (Å²) in [7, 11) is 1.58. The molecule has 2 saturated heterocycles. The maximum absolute atomic E-state index is 13.2. The van der Waals surface area contributed by atoms with Gasteiger partial charge < -0.3 is 18.9 Å². The van der Waals surface area contributed by atoms with E-state index in [-0.39, 0.29) is 17.9 Å². The molecule has 2 fully saturated rings. The number of benzene rings is 2. The van der Waals surface area contributed by atoms with Crippen molar-refractivity contribution >= 4 is 22.8 Å². The van der Waals surface area contributed by atoms with E-state index < -0.39 is 0 Å². The molecule has 0 spiro atoms. The molecule has 8 nitrogen and oxygen atoms in total. The molecule has 3 amide bonds. The first-order chi connectivity index (χ1) is 17.5. The van der Waals surface area contributed by atoms with Crippen LogP contribution >= 0.6 is 0 Å². The average molecular weight is 489 g/mol. The number of carbonyl (C=O) groups is 2. The minimum atomic E-state index is -0.359. The third-order valence-corrected chi connectivity index (χ3v) is 7.71. The van der Waals surface area contributed by atoms with Crippen LogP contribution in [0.5, 0.6) is 5.75 Å². The number of aryl methyl sites for hydroxylation is 1. The van der Waals surface area contributed by atoms with E-state index in [9.17, 15) is 9.59 Å². The van der Waals surface area contributed by atoms with Crippen molar-refractivity contribution < 1.29 is 19.1 Å². The SMILES string of the molecule is Cc1ccc(Cn2c3c(c4cc(OCCN5CCOCC5)ccc42)C2CN(C3)C(=O)N(C)C2=O)cc1. The smallest absolute Gasteiger partial charge is 0.326 e. The number of likely N-dealkylation sites (N-methyl/N-ethyl adjacent to an activating group) is 1. The fourth-order valence-corrected chi connectivity index (χ4v) is 5.68. The Bertz CT molecular complexity index is 1310. The Hall–Kier alpha value is -3.36. The molecule has 0 N–H and O–H groups in total. The van der Waals surface area contributed by atoms with Gasteiger partial charge in [0.1, 0.15) is 12.4 Å². The molecular weight excluding hydrogens is 456 g/mol. The molecule has 188 valence electrons. The summed E-state index contributed by atoms with van der Waals surface area (Å²) in [5.41, 5.74) is 5.56. The van der Waals surface area contributed by atoms with E-state index in [1.165, 1.54) is 16.0 Å². The molecule has 1 aromatic heterocycles. The second-order valence-electron chi connectivity index (χ2n) is 10.0. The number of amides is 3. The Balaban J connectivity index is 1.37. The van der Waals surface area contributed by atoms with Crippen LogP contribution in [0.1, 0.15) is 28.3 Å². The van der Waals surface area contributed by atoms with E-state index in [0.29, 0.717) is 26.2 Å². The van der Waals surface area contributed by atoms with Gasteiger partial charge in [-0.2, -0.15) is 0 Å². The molecule has 6 rings (SSSR count). The van der Waals surface area contributed by atoms with E-state index >= 15 is 0 Å². The summed E-state index contributed by atoms with van der Waals surface area (Å²) in [5.74, 6) is 0.313. The lowest BCUT2D eigenvalue weighted by molar-refractivity contribution is -0.132. The van der Waals surface area contributed by atoms with Crippen molar-refractivity contribution in [1.82, 2.24) is 19.3 Å². The topological polar surface area (TPSA) is 67.2 Å². The van der Waals surface area contributed by atoms with E-state index in [0.717, 1.165) is 60.8 Å². The van der Waals surface area contributed by atoms with Gasteiger partial charge in [-0.3, -0.25) is 14.6 Å². The van der Waals surface area contributed by atoms with Crippen molar-refractivity contribution in [2.24, 2.45) is 0 Å². The summed E-state index contributed by atoms with van der Waals surface area (Å²) in [4.78, 5) is 31.4. The van der Waals surface area contributed by atoms with Crippen LogP contribution in [0.3, 0.4) is 0 Å². The minimum Gasteiger partial charge on any atom is -0.492 e. The number of morpholine rings is 1. The van der Waals surface area contributed by atoms with Crippen molar-refractivity contribution in [3.8, 4) is 5.75 Å². The quantitative estimate of drug-likeness (QED) is 0.533. The van der Waals surface area contributed by atoms with Gasteiger partial charge in [0, 0.05) is 56.4 Å². The molecule has 4 heterocycles. The summed E-state index contributed by atoms with van der Waals surface area (Å²) in [6.45, 7) is 8.57. The second-order valence-corrected chi connectivity index (χ2v) is 10.0. The largest absolute Gasteiger partial charge is 0.492 e. The van der Waals surface area contributed by atoms with E-state index in [4.69, 9.17) is 9.47 Å². The molecule has 2 bridgehead atoms. The highest BCUT2D eigenvalue weighted by Crippen LogP contribution is 2.41. The molecule has 2 aromatic carbocycles. The predicted molar refractivity (Wildman–Crippen MR) is 136 cm³/mol. The normalized spacial score (nSPS) is 20.2. The first-order valence-corrected chi connectivity index (χ1v) is 12.7. The Morgan fingerprint density at radius 2 is 1.83 bits per heavy atom. The number of hydrogen-bond donors (Lipinski definition) is 0. The fraction of sp³-hybridized carbons (Fsp3) is 0.429. The van der Waals surface area contributed by atoms with E-state index in [2.05, 4.69) is 52.8 Å². The molecule has 1 unspecified atom stereocenters. The van der Waals surface area contributed by atoms with Gasteiger partial charge in [0.2, 0.25) is 5.91 Å². The van der Waals surface area contributed by atoms with Crippen LogP contribution in [0.15, 0.2) is 42.5 Å². The van der Waals surface area contributed by atoms with Crippen molar-refractivity contribution in [2.75, 3.05) is 53.0 Å². The third-order valence-electron chi connectivity index (χ3n) is 7.71. The molecule has 0 aliphatic carbocycles. The number of rotatable bonds is 6. The molecule has 3 aliphatic rings. The predicted octanol–water partition coefficient (Wildman–Crippen LogP) is 3.20. The van der Waals surface area contributed by atoms with Crippen LogP contribution in [-0.2, 0) is 22.6 Å². The van der Waals surface area contributed by atoms with Crippen molar-refractivity contribution in [3.05, 3.63) is 64.8 Å². The monoisotopic (exact) mass is 488 g/mol. The molecular formula is C28H32N4O4. The summed E-state index contributed by atoms with van der Waals surface area (Å²) in [6, 6.07) is 14.5. The van der Waals surface area contributed by atoms with Gasteiger partial charge in [0.05, 0.1) is 25.7 Å². The zero-order valence-corrected chi connectivity index (χ0v) is 20.9. The molecule has 8 heteroatoms. The maximum Gasteiger partial charge on any atom is 0.326 e. The van der Waals surface area contributed by atoms with Crippen LogP contribution in [0.2, 0.25) is 0 Å². The van der Waals surface area contributed by atoms with Crippen molar-refractivity contribution in [2.45, 2.75) is 25.9 Å². The summed E-state index contributed by atoms with van der Waals surface area (Å²) in [6.07, 6.45) is 0. The van der Waals surface area contributed by atoms with Crippen molar-refractivity contribution in [1.29, 1.82) is 0 Å². The lowest BCUT2D eigenvalue weighted by atomic mass is 9.89. The fourth-order valence-electron chi connectivity index (χ4n) is 5.68. The Labute approximate surface area is 211 Å². The molecule has 1 atom stereocenters. The van der Waals surface area contributed by atoms with Crippen LogP contribution in [0.4, 0.5) is 4.79 Å². The second kappa shape index (κ2) is 9.26. The Morgan fingerprint density at radius 3 is 2.61 bits per heavy atom. The highest BCUT2D eigenvalue weighted by Gasteiger charge is 2.44. The average Bonchev–Trinajstić information content (AvgIpc) is 3.20. The Kier molecular flexibility index (Phi) is 5.93. The van der Waals surface area contributed by atoms with E-state index in [1.54, 1.807) is 11.9 Å². The number of aromatic nitrogens is 1. The van der Waals surface area contributed by atoms with Gasteiger partial charge in [-0.25, -0.2) is 4.79 Å². The molecule has 3 aromatic rings. The number of fused-ring (bicyclic) bond motifs is 6.